The Morgan fingerprint density at radius 3 is 2.78 bits per heavy atom. The lowest BCUT2D eigenvalue weighted by atomic mass is 9.77. The molecule has 1 saturated heterocycles. The molecular formula is C15H26N2O. The van der Waals surface area contributed by atoms with E-state index in [4.69, 9.17) is 4.74 Å². The zero-order valence-electron chi connectivity index (χ0n) is 11.8. The van der Waals surface area contributed by atoms with Gasteiger partial charge in [0.25, 0.3) is 0 Å². The molecule has 4 atom stereocenters. The summed E-state index contributed by atoms with van der Waals surface area (Å²) in [5.41, 5.74) is 0. The maximum atomic E-state index is 9.32. The first-order valence-electron chi connectivity index (χ1n) is 7.46. The monoisotopic (exact) mass is 250 g/mol. The third-order valence-corrected chi connectivity index (χ3v) is 4.75. The summed E-state index contributed by atoms with van der Waals surface area (Å²) in [5.74, 6) is 1.03. The number of rotatable bonds is 4. The number of hydrogen-bond acceptors (Lipinski definition) is 3. The Morgan fingerprint density at radius 2 is 2.17 bits per heavy atom. The second-order valence-corrected chi connectivity index (χ2v) is 5.96. The lowest BCUT2D eigenvalue weighted by Crippen LogP contribution is -2.44. The summed E-state index contributed by atoms with van der Waals surface area (Å²) in [6.45, 7) is 4.19. The van der Waals surface area contributed by atoms with E-state index in [9.17, 15) is 5.26 Å². The Labute approximate surface area is 111 Å². The highest BCUT2D eigenvalue weighted by molar-refractivity contribution is 4.97. The molecule has 1 aliphatic heterocycles. The van der Waals surface area contributed by atoms with Gasteiger partial charge in [-0.15, -0.1) is 0 Å². The SMILES string of the molecule is CCC1CCC(C#N)C(N(C)CC2CCCO2)C1. The number of nitrogens with zero attached hydrogens (tertiary/aromatic N) is 2. The van der Waals surface area contributed by atoms with Crippen molar-refractivity contribution in [3.63, 3.8) is 0 Å². The normalized spacial score (nSPS) is 36.8. The number of likely N-dealkylation sites (N-methyl/N-ethyl adjacent to an activating group) is 1. The molecule has 0 N–H and O–H groups in total. The Morgan fingerprint density at radius 1 is 1.33 bits per heavy atom. The van der Waals surface area contributed by atoms with Gasteiger partial charge in [0.05, 0.1) is 18.1 Å². The van der Waals surface area contributed by atoms with E-state index in [2.05, 4.69) is 24.9 Å². The first-order valence-corrected chi connectivity index (χ1v) is 7.46. The van der Waals surface area contributed by atoms with E-state index in [0.717, 1.165) is 25.5 Å². The molecule has 102 valence electrons. The van der Waals surface area contributed by atoms with Gasteiger partial charge in [-0.3, -0.25) is 4.90 Å². The predicted octanol–water partition coefficient (Wildman–Crippen LogP) is 2.82. The Kier molecular flexibility index (Phi) is 5.03. The Hall–Kier alpha value is -0.590. The predicted molar refractivity (Wildman–Crippen MR) is 72.1 cm³/mol. The summed E-state index contributed by atoms with van der Waals surface area (Å²) >= 11 is 0. The van der Waals surface area contributed by atoms with E-state index < -0.39 is 0 Å². The van der Waals surface area contributed by atoms with Gasteiger partial charge in [0.2, 0.25) is 0 Å². The zero-order valence-corrected chi connectivity index (χ0v) is 11.8. The standard InChI is InChI=1S/C15H26N2O/c1-3-12-6-7-13(10-16)15(9-12)17(2)11-14-5-4-8-18-14/h12-15H,3-9,11H2,1-2H3. The molecule has 2 aliphatic rings. The van der Waals surface area contributed by atoms with Gasteiger partial charge in [-0.05, 0) is 45.1 Å². The molecule has 0 bridgehead atoms. The maximum absolute atomic E-state index is 9.32. The molecule has 18 heavy (non-hydrogen) atoms. The minimum absolute atomic E-state index is 0.221. The highest BCUT2D eigenvalue weighted by atomic mass is 16.5. The molecule has 2 rings (SSSR count). The molecule has 0 aromatic carbocycles. The first kappa shape index (κ1) is 13.8. The highest BCUT2D eigenvalue weighted by Crippen LogP contribution is 2.33. The van der Waals surface area contributed by atoms with Crippen molar-refractivity contribution < 1.29 is 4.74 Å². The Balaban J connectivity index is 1.91. The van der Waals surface area contributed by atoms with E-state index in [0.29, 0.717) is 12.1 Å². The van der Waals surface area contributed by atoms with Gasteiger partial charge in [-0.25, -0.2) is 0 Å². The number of hydrogen-bond donors (Lipinski definition) is 0. The summed E-state index contributed by atoms with van der Waals surface area (Å²) in [7, 11) is 2.18. The third kappa shape index (κ3) is 3.24. The van der Waals surface area contributed by atoms with Crippen LogP contribution in [-0.4, -0.2) is 37.2 Å². The van der Waals surface area contributed by atoms with E-state index in [1.165, 1.54) is 32.1 Å². The molecule has 0 aromatic heterocycles. The Bertz CT molecular complexity index is 293. The lowest BCUT2D eigenvalue weighted by molar-refractivity contribution is 0.0451. The minimum atomic E-state index is 0.221. The smallest absolute Gasteiger partial charge is 0.0702 e. The molecule has 3 heteroatoms. The second kappa shape index (κ2) is 6.54. The first-order chi connectivity index (χ1) is 8.74. The van der Waals surface area contributed by atoms with Gasteiger partial charge in [0, 0.05) is 19.2 Å². The summed E-state index contributed by atoms with van der Waals surface area (Å²) in [5, 5.41) is 9.32. The molecule has 0 spiro atoms. The summed E-state index contributed by atoms with van der Waals surface area (Å²) in [6.07, 6.45) is 7.54. The zero-order chi connectivity index (χ0) is 13.0. The molecule has 1 heterocycles. The van der Waals surface area contributed by atoms with Gasteiger partial charge in [0.1, 0.15) is 0 Å². The van der Waals surface area contributed by atoms with Crippen LogP contribution in [0.15, 0.2) is 0 Å². The fourth-order valence-corrected chi connectivity index (χ4v) is 3.48. The summed E-state index contributed by atoms with van der Waals surface area (Å²) in [6, 6.07) is 2.96. The van der Waals surface area contributed by atoms with Crippen LogP contribution in [0.25, 0.3) is 0 Å². The van der Waals surface area contributed by atoms with Crippen LogP contribution >= 0.6 is 0 Å². The van der Waals surface area contributed by atoms with Crippen LogP contribution in [0.1, 0.15) is 45.4 Å². The molecule has 4 unspecified atom stereocenters. The van der Waals surface area contributed by atoms with Crippen molar-refractivity contribution in [3.05, 3.63) is 0 Å². The molecule has 3 nitrogen and oxygen atoms in total. The van der Waals surface area contributed by atoms with E-state index in [1.807, 2.05) is 0 Å². The van der Waals surface area contributed by atoms with Crippen molar-refractivity contribution >= 4 is 0 Å². The summed E-state index contributed by atoms with van der Waals surface area (Å²) in [4.78, 5) is 2.39. The van der Waals surface area contributed by atoms with E-state index >= 15 is 0 Å². The minimum Gasteiger partial charge on any atom is -0.377 e. The van der Waals surface area contributed by atoms with Crippen LogP contribution < -0.4 is 0 Å². The fraction of sp³-hybridized carbons (Fsp3) is 0.933. The van der Waals surface area contributed by atoms with Crippen molar-refractivity contribution in [2.45, 2.75) is 57.6 Å². The van der Waals surface area contributed by atoms with Crippen molar-refractivity contribution in [2.75, 3.05) is 20.2 Å². The van der Waals surface area contributed by atoms with E-state index in [1.54, 1.807) is 0 Å². The second-order valence-electron chi connectivity index (χ2n) is 5.96. The van der Waals surface area contributed by atoms with Crippen LogP contribution in [0.4, 0.5) is 0 Å². The molecule has 0 amide bonds. The van der Waals surface area contributed by atoms with Gasteiger partial charge in [-0.2, -0.15) is 5.26 Å². The van der Waals surface area contributed by atoms with Crippen molar-refractivity contribution in [3.8, 4) is 6.07 Å². The maximum Gasteiger partial charge on any atom is 0.0702 e. The van der Waals surface area contributed by atoms with Crippen molar-refractivity contribution in [1.82, 2.24) is 4.90 Å². The van der Waals surface area contributed by atoms with Crippen molar-refractivity contribution in [1.29, 1.82) is 5.26 Å². The third-order valence-electron chi connectivity index (χ3n) is 4.75. The summed E-state index contributed by atoms with van der Waals surface area (Å²) < 4.78 is 5.71. The number of nitriles is 1. The van der Waals surface area contributed by atoms with Crippen molar-refractivity contribution in [2.24, 2.45) is 11.8 Å². The van der Waals surface area contributed by atoms with Crippen LogP contribution in [-0.2, 0) is 4.74 Å². The average Bonchev–Trinajstić information content (AvgIpc) is 2.90. The molecule has 1 saturated carbocycles. The topological polar surface area (TPSA) is 36.3 Å². The van der Waals surface area contributed by atoms with Crippen LogP contribution in [0, 0.1) is 23.2 Å². The molecule has 0 aromatic rings. The van der Waals surface area contributed by atoms with E-state index in [-0.39, 0.29) is 5.92 Å². The average molecular weight is 250 g/mol. The number of ether oxygens (including phenoxy) is 1. The fourth-order valence-electron chi connectivity index (χ4n) is 3.48. The lowest BCUT2D eigenvalue weighted by Gasteiger charge is -2.39. The molecule has 0 radical (unpaired) electrons. The van der Waals surface area contributed by atoms with Crippen LogP contribution in [0.5, 0.6) is 0 Å². The van der Waals surface area contributed by atoms with Crippen LogP contribution in [0.2, 0.25) is 0 Å². The molecule has 1 aliphatic carbocycles. The highest BCUT2D eigenvalue weighted by Gasteiger charge is 2.33. The van der Waals surface area contributed by atoms with Gasteiger partial charge >= 0.3 is 0 Å². The molecular weight excluding hydrogens is 224 g/mol. The van der Waals surface area contributed by atoms with Gasteiger partial charge < -0.3 is 4.74 Å². The largest absolute Gasteiger partial charge is 0.377 e. The quantitative estimate of drug-likeness (QED) is 0.770. The molecule has 2 fully saturated rings. The van der Waals surface area contributed by atoms with Gasteiger partial charge in [0.15, 0.2) is 0 Å². The van der Waals surface area contributed by atoms with Gasteiger partial charge in [-0.1, -0.05) is 13.3 Å². The van der Waals surface area contributed by atoms with Crippen LogP contribution in [0.3, 0.4) is 0 Å².